The molecule has 0 aromatic heterocycles. The summed E-state index contributed by atoms with van der Waals surface area (Å²) in [6, 6.07) is 21.4. The average molecular weight is 452 g/mol. The van der Waals surface area contributed by atoms with Crippen molar-refractivity contribution in [1.29, 1.82) is 0 Å². The summed E-state index contributed by atoms with van der Waals surface area (Å²) in [7, 11) is 0. The van der Waals surface area contributed by atoms with Crippen LogP contribution in [0.25, 0.3) is 0 Å². The molecule has 2 aromatic carbocycles. The van der Waals surface area contributed by atoms with Gasteiger partial charge in [-0.15, -0.1) is 0 Å². The lowest BCUT2D eigenvalue weighted by atomic mass is 10.1. The highest BCUT2D eigenvalue weighted by Gasteiger charge is 2.29. The summed E-state index contributed by atoms with van der Waals surface area (Å²) in [5.74, 6) is 0. The maximum Gasteiger partial charge on any atom is 0.409 e. The van der Waals surface area contributed by atoms with Crippen LogP contribution in [-0.2, 0) is 17.8 Å². The van der Waals surface area contributed by atoms with Crippen LogP contribution < -0.4 is 0 Å². The van der Waals surface area contributed by atoms with Gasteiger partial charge in [0.15, 0.2) is 0 Å². The molecule has 1 atom stereocenters. The summed E-state index contributed by atoms with van der Waals surface area (Å²) in [5, 5.41) is 0. The van der Waals surface area contributed by atoms with Crippen LogP contribution in [0.5, 0.6) is 0 Å². The molecule has 0 bridgehead atoms. The molecule has 0 spiro atoms. The van der Waals surface area contributed by atoms with E-state index in [1.165, 1.54) is 11.1 Å². The van der Waals surface area contributed by atoms with Crippen molar-refractivity contribution < 1.29 is 9.53 Å². The molecule has 0 aliphatic carbocycles. The Labute approximate surface area is 200 Å². The fourth-order valence-corrected chi connectivity index (χ4v) is 4.38. The van der Waals surface area contributed by atoms with Gasteiger partial charge in [0.05, 0.1) is 6.04 Å². The Bertz CT molecular complexity index is 791. The van der Waals surface area contributed by atoms with E-state index < -0.39 is 0 Å². The van der Waals surface area contributed by atoms with Gasteiger partial charge in [0.1, 0.15) is 6.61 Å². The standard InChI is InChI=1S/C28H41N3O2/c1-3-5-17-30(18-6-4-2)28(32)33-24-27-23-29(21-25-13-9-7-10-14-25)19-20-31(27)22-26-15-11-8-12-16-26/h7-16,27H,3-6,17-24H2,1-2H3. The van der Waals surface area contributed by atoms with Crippen molar-refractivity contribution in [2.75, 3.05) is 39.3 Å². The Morgan fingerprint density at radius 3 is 2.03 bits per heavy atom. The number of hydrogen-bond acceptors (Lipinski definition) is 4. The molecule has 180 valence electrons. The molecule has 2 aromatic rings. The van der Waals surface area contributed by atoms with Gasteiger partial charge in [-0.05, 0) is 24.0 Å². The van der Waals surface area contributed by atoms with E-state index in [2.05, 4.69) is 84.3 Å². The molecule has 1 aliphatic rings. The van der Waals surface area contributed by atoms with Crippen molar-refractivity contribution in [3.05, 3.63) is 71.8 Å². The van der Waals surface area contributed by atoms with Crippen molar-refractivity contribution in [1.82, 2.24) is 14.7 Å². The highest BCUT2D eigenvalue weighted by Crippen LogP contribution is 2.17. The van der Waals surface area contributed by atoms with E-state index in [0.717, 1.165) is 71.5 Å². The molecule has 1 unspecified atom stereocenters. The number of benzene rings is 2. The summed E-state index contributed by atoms with van der Waals surface area (Å²) in [6.45, 7) is 11.0. The second-order valence-electron chi connectivity index (χ2n) is 9.10. The van der Waals surface area contributed by atoms with E-state index >= 15 is 0 Å². The number of rotatable bonds is 12. The monoisotopic (exact) mass is 451 g/mol. The van der Waals surface area contributed by atoms with Crippen molar-refractivity contribution in [3.63, 3.8) is 0 Å². The fourth-order valence-electron chi connectivity index (χ4n) is 4.38. The van der Waals surface area contributed by atoms with Gasteiger partial charge in [0.2, 0.25) is 0 Å². The highest BCUT2D eigenvalue weighted by atomic mass is 16.6. The summed E-state index contributed by atoms with van der Waals surface area (Å²) in [6.07, 6.45) is 4.05. The minimum atomic E-state index is -0.156. The van der Waals surface area contributed by atoms with Crippen molar-refractivity contribution in [2.24, 2.45) is 0 Å². The predicted octanol–water partition coefficient (Wildman–Crippen LogP) is 5.41. The van der Waals surface area contributed by atoms with Crippen LogP contribution in [0, 0.1) is 0 Å². The average Bonchev–Trinajstić information content (AvgIpc) is 2.85. The summed E-state index contributed by atoms with van der Waals surface area (Å²) < 4.78 is 5.92. The van der Waals surface area contributed by atoms with Gasteiger partial charge < -0.3 is 9.64 Å². The van der Waals surface area contributed by atoms with Gasteiger partial charge in [-0.1, -0.05) is 87.4 Å². The second kappa shape index (κ2) is 14.0. The molecule has 1 saturated heterocycles. The summed E-state index contributed by atoms with van der Waals surface area (Å²) in [5.41, 5.74) is 2.63. The van der Waals surface area contributed by atoms with Crippen LogP contribution in [0.4, 0.5) is 4.79 Å². The number of unbranched alkanes of at least 4 members (excludes halogenated alkanes) is 2. The van der Waals surface area contributed by atoms with E-state index in [9.17, 15) is 4.79 Å². The lowest BCUT2D eigenvalue weighted by Crippen LogP contribution is -2.54. The second-order valence-corrected chi connectivity index (χ2v) is 9.10. The Balaban J connectivity index is 1.63. The third-order valence-electron chi connectivity index (χ3n) is 6.39. The normalized spacial score (nSPS) is 17.1. The third kappa shape index (κ3) is 8.49. The molecule has 33 heavy (non-hydrogen) atoms. The molecule has 5 heteroatoms. The number of hydrogen-bond donors (Lipinski definition) is 0. The molecular weight excluding hydrogens is 410 g/mol. The third-order valence-corrected chi connectivity index (χ3v) is 6.39. The van der Waals surface area contributed by atoms with E-state index in [1.807, 2.05) is 4.90 Å². The molecule has 0 radical (unpaired) electrons. The lowest BCUT2D eigenvalue weighted by Gasteiger charge is -2.41. The van der Waals surface area contributed by atoms with E-state index in [-0.39, 0.29) is 12.1 Å². The van der Waals surface area contributed by atoms with Gasteiger partial charge in [-0.3, -0.25) is 9.80 Å². The number of nitrogens with zero attached hydrogens (tertiary/aromatic N) is 3. The number of carbonyl (C=O) groups is 1. The summed E-state index contributed by atoms with van der Waals surface area (Å²) >= 11 is 0. The molecule has 0 saturated carbocycles. The van der Waals surface area contributed by atoms with Gasteiger partial charge in [-0.25, -0.2) is 4.79 Å². The number of ether oxygens (including phenoxy) is 1. The minimum absolute atomic E-state index is 0.156. The first-order chi connectivity index (χ1) is 16.2. The van der Waals surface area contributed by atoms with Crippen molar-refractivity contribution in [3.8, 4) is 0 Å². The molecule has 5 nitrogen and oxygen atoms in total. The van der Waals surface area contributed by atoms with Gasteiger partial charge in [0, 0.05) is 45.8 Å². The Morgan fingerprint density at radius 2 is 1.45 bits per heavy atom. The van der Waals surface area contributed by atoms with Crippen LogP contribution in [-0.4, -0.2) is 66.2 Å². The van der Waals surface area contributed by atoms with Crippen LogP contribution in [0.1, 0.15) is 50.7 Å². The van der Waals surface area contributed by atoms with Crippen LogP contribution in [0.3, 0.4) is 0 Å². The van der Waals surface area contributed by atoms with E-state index in [0.29, 0.717) is 6.61 Å². The highest BCUT2D eigenvalue weighted by molar-refractivity contribution is 5.67. The van der Waals surface area contributed by atoms with Gasteiger partial charge in [0.25, 0.3) is 0 Å². The number of amides is 1. The molecular formula is C28H41N3O2. The topological polar surface area (TPSA) is 36.0 Å². The maximum absolute atomic E-state index is 12.9. The zero-order chi connectivity index (χ0) is 23.3. The zero-order valence-electron chi connectivity index (χ0n) is 20.5. The molecule has 3 rings (SSSR count). The fraction of sp³-hybridized carbons (Fsp3) is 0.536. The van der Waals surface area contributed by atoms with Gasteiger partial charge >= 0.3 is 6.09 Å². The number of carbonyl (C=O) groups excluding carboxylic acids is 1. The van der Waals surface area contributed by atoms with Crippen molar-refractivity contribution in [2.45, 2.75) is 58.7 Å². The molecule has 1 amide bonds. The molecule has 1 heterocycles. The molecule has 0 N–H and O–H groups in total. The largest absolute Gasteiger partial charge is 0.448 e. The predicted molar refractivity (Wildman–Crippen MR) is 135 cm³/mol. The van der Waals surface area contributed by atoms with Crippen molar-refractivity contribution >= 4 is 6.09 Å². The zero-order valence-corrected chi connectivity index (χ0v) is 20.5. The van der Waals surface area contributed by atoms with Crippen LogP contribution in [0.2, 0.25) is 0 Å². The summed E-state index contributed by atoms with van der Waals surface area (Å²) in [4.78, 5) is 19.8. The maximum atomic E-state index is 12.9. The number of piperazine rings is 1. The minimum Gasteiger partial charge on any atom is -0.448 e. The first-order valence-electron chi connectivity index (χ1n) is 12.7. The van der Waals surface area contributed by atoms with E-state index in [4.69, 9.17) is 4.74 Å². The Hall–Kier alpha value is -2.37. The van der Waals surface area contributed by atoms with Crippen LogP contribution >= 0.6 is 0 Å². The Kier molecular flexibility index (Phi) is 10.7. The van der Waals surface area contributed by atoms with Crippen LogP contribution in [0.15, 0.2) is 60.7 Å². The van der Waals surface area contributed by atoms with Gasteiger partial charge in [-0.2, -0.15) is 0 Å². The molecule has 1 aliphatic heterocycles. The quantitative estimate of drug-likeness (QED) is 0.432. The lowest BCUT2D eigenvalue weighted by molar-refractivity contribution is 0.0144. The molecule has 1 fully saturated rings. The smallest absolute Gasteiger partial charge is 0.409 e. The first kappa shape index (κ1) is 25.3. The first-order valence-corrected chi connectivity index (χ1v) is 12.7. The van der Waals surface area contributed by atoms with E-state index in [1.54, 1.807) is 0 Å². The SMILES string of the molecule is CCCCN(CCCC)C(=O)OCC1CN(Cc2ccccc2)CCN1Cc1ccccc1. The Morgan fingerprint density at radius 1 is 0.879 bits per heavy atom.